The Bertz CT molecular complexity index is 2260. The van der Waals surface area contributed by atoms with E-state index in [2.05, 4.69) is 28.1 Å². The fourth-order valence-corrected chi connectivity index (χ4v) is 11.0. The molecule has 2 unspecified atom stereocenters. The first-order valence-corrected chi connectivity index (χ1v) is 19.8. The van der Waals surface area contributed by atoms with Crippen molar-refractivity contribution < 1.29 is 23.0 Å². The number of benzene rings is 2. The number of hydrogen-bond donors (Lipinski definition) is 2. The highest BCUT2D eigenvalue weighted by Gasteiger charge is 2.53. The standard InChI is InChI=1S/C38H39ClF2N8O3S/c1-18-12-38(8-2-10-48(38)14-18)17-52-37-45-30-26-32(27(39)25(28(30)41)21-6-7-23(40)33-24(21)22(13-42)34(43)53-33)51-16-20-15-47(9-3-11-49(20)35(26)46-37)36(50)31-29(44-31)19-4-5-19/h6-7,18-20,29,31,44H,2-5,8-12,14-17,43H2,1H3/t18-,20+,29?,31?,38+/m1/s1. The number of fused-ring (bicyclic) bond motifs is 4. The third-order valence-electron chi connectivity index (χ3n) is 12.3. The molecule has 15 heteroatoms. The molecule has 10 rings (SSSR count). The summed E-state index contributed by atoms with van der Waals surface area (Å²) in [6, 6.07) is 4.53. The lowest BCUT2D eigenvalue weighted by atomic mass is 9.92. The molecule has 5 atom stereocenters. The van der Waals surface area contributed by atoms with Gasteiger partial charge in [0.05, 0.1) is 32.3 Å². The summed E-state index contributed by atoms with van der Waals surface area (Å²) in [5, 5.41) is 14.0. The maximum atomic E-state index is 17.4. The molecule has 4 saturated heterocycles. The average molecular weight is 761 g/mol. The highest BCUT2D eigenvalue weighted by atomic mass is 35.5. The predicted octanol–water partition coefficient (Wildman–Crippen LogP) is 5.70. The number of nitrogens with zero attached hydrogens (tertiary/aromatic N) is 6. The number of carbonyl (C=O) groups is 1. The van der Waals surface area contributed by atoms with Gasteiger partial charge >= 0.3 is 6.01 Å². The van der Waals surface area contributed by atoms with Crippen LogP contribution >= 0.6 is 22.9 Å². The Hall–Kier alpha value is -4.03. The summed E-state index contributed by atoms with van der Waals surface area (Å²) in [7, 11) is 0. The highest BCUT2D eigenvalue weighted by molar-refractivity contribution is 7.23. The van der Waals surface area contributed by atoms with E-state index < -0.39 is 11.6 Å². The van der Waals surface area contributed by atoms with Gasteiger partial charge in [-0.3, -0.25) is 15.0 Å². The van der Waals surface area contributed by atoms with Gasteiger partial charge < -0.3 is 25.0 Å². The van der Waals surface area contributed by atoms with Crippen molar-refractivity contribution in [1.29, 1.82) is 5.26 Å². The summed E-state index contributed by atoms with van der Waals surface area (Å²) < 4.78 is 45.7. The Labute approximate surface area is 314 Å². The number of nitrogens with two attached hydrogens (primary N) is 1. The van der Waals surface area contributed by atoms with Gasteiger partial charge in [-0.15, -0.1) is 11.3 Å². The summed E-state index contributed by atoms with van der Waals surface area (Å²) in [4.78, 5) is 29.9. The molecule has 7 heterocycles. The van der Waals surface area contributed by atoms with Gasteiger partial charge in [-0.1, -0.05) is 24.6 Å². The van der Waals surface area contributed by atoms with E-state index in [1.807, 2.05) is 4.90 Å². The zero-order valence-electron chi connectivity index (χ0n) is 29.3. The van der Waals surface area contributed by atoms with Gasteiger partial charge in [0.15, 0.2) is 11.6 Å². The lowest BCUT2D eigenvalue weighted by Crippen LogP contribution is -2.47. The number of ether oxygens (including phenoxy) is 2. The quantitative estimate of drug-likeness (QED) is 0.235. The van der Waals surface area contributed by atoms with E-state index in [4.69, 9.17) is 36.8 Å². The lowest BCUT2D eigenvalue weighted by Gasteiger charge is -2.32. The molecule has 2 aromatic heterocycles. The second-order valence-electron chi connectivity index (χ2n) is 15.8. The van der Waals surface area contributed by atoms with Gasteiger partial charge in [0, 0.05) is 43.2 Å². The number of carbonyl (C=O) groups excluding carboxylic acids is 1. The first kappa shape index (κ1) is 33.5. The molecular formula is C38H39ClF2N8O3S. The van der Waals surface area contributed by atoms with Gasteiger partial charge in [-0.25, -0.2) is 8.78 Å². The fourth-order valence-electron chi connectivity index (χ4n) is 9.71. The van der Waals surface area contributed by atoms with Crippen molar-refractivity contribution in [1.82, 2.24) is 25.1 Å². The normalized spacial score (nSPS) is 28.0. The monoisotopic (exact) mass is 760 g/mol. The van der Waals surface area contributed by atoms with Gasteiger partial charge in [0.25, 0.3) is 0 Å². The first-order valence-electron chi connectivity index (χ1n) is 18.6. The van der Waals surface area contributed by atoms with Crippen molar-refractivity contribution in [2.24, 2.45) is 11.8 Å². The van der Waals surface area contributed by atoms with Crippen LogP contribution in [0.25, 0.3) is 32.1 Å². The van der Waals surface area contributed by atoms with Crippen molar-refractivity contribution in [3.8, 4) is 29.0 Å². The van der Waals surface area contributed by atoms with Crippen molar-refractivity contribution in [2.75, 3.05) is 56.6 Å². The Morgan fingerprint density at radius 1 is 1.21 bits per heavy atom. The average Bonchev–Trinajstić information content (AvgIpc) is 4.04. The summed E-state index contributed by atoms with van der Waals surface area (Å²) in [5.41, 5.74) is 6.16. The number of nitriles is 1. The van der Waals surface area contributed by atoms with Gasteiger partial charge in [-0.05, 0) is 68.5 Å². The minimum Gasteiger partial charge on any atom is -0.489 e. The molecule has 11 nitrogen and oxygen atoms in total. The SMILES string of the molecule is C[C@H]1CN2CCC[C@@]2(COc2nc3c4c(c(Cl)c(-c5ccc(F)c6sc(N)c(C#N)c56)c(F)c4n2)OC[C@@H]2CN(C(=O)C4NC4C4CC4)CCCN32)C1. The summed E-state index contributed by atoms with van der Waals surface area (Å²) in [6.07, 6.45) is 6.09. The molecule has 2 aromatic carbocycles. The van der Waals surface area contributed by atoms with E-state index >= 15 is 8.78 Å². The summed E-state index contributed by atoms with van der Waals surface area (Å²) >= 11 is 8.10. The third kappa shape index (κ3) is 5.25. The van der Waals surface area contributed by atoms with Crippen LogP contribution in [0.2, 0.25) is 5.02 Å². The van der Waals surface area contributed by atoms with E-state index in [0.717, 1.165) is 56.5 Å². The Kier molecular flexibility index (Phi) is 7.75. The molecule has 5 aliphatic heterocycles. The number of rotatable bonds is 6. The molecule has 4 aromatic rings. The maximum absolute atomic E-state index is 17.4. The van der Waals surface area contributed by atoms with Crippen LogP contribution in [0, 0.1) is 34.8 Å². The largest absolute Gasteiger partial charge is 0.489 e. The topological polar surface area (TPSA) is 143 Å². The molecule has 0 radical (unpaired) electrons. The summed E-state index contributed by atoms with van der Waals surface area (Å²) in [6.45, 7) is 6.32. The van der Waals surface area contributed by atoms with Crippen LogP contribution in [0.3, 0.4) is 0 Å². The van der Waals surface area contributed by atoms with Crippen LogP contribution < -0.4 is 25.4 Å². The Balaban J connectivity index is 1.11. The second kappa shape index (κ2) is 12.2. The number of amides is 1. The van der Waals surface area contributed by atoms with Crippen LogP contribution in [0.1, 0.15) is 51.0 Å². The van der Waals surface area contributed by atoms with Crippen molar-refractivity contribution in [3.05, 3.63) is 34.4 Å². The van der Waals surface area contributed by atoms with Crippen molar-refractivity contribution in [3.63, 3.8) is 0 Å². The number of nitrogen functional groups attached to an aromatic ring is 1. The molecule has 1 amide bonds. The molecule has 0 spiro atoms. The zero-order chi connectivity index (χ0) is 36.3. The van der Waals surface area contributed by atoms with E-state index in [1.165, 1.54) is 12.1 Å². The molecule has 5 fully saturated rings. The van der Waals surface area contributed by atoms with Crippen LogP contribution in [-0.4, -0.2) is 95.3 Å². The fraction of sp³-hybridized carbons (Fsp3) is 0.526. The predicted molar refractivity (Wildman–Crippen MR) is 198 cm³/mol. The van der Waals surface area contributed by atoms with E-state index in [1.54, 1.807) is 0 Å². The smallest absolute Gasteiger partial charge is 0.319 e. The molecule has 276 valence electrons. The lowest BCUT2D eigenvalue weighted by molar-refractivity contribution is -0.130. The van der Waals surface area contributed by atoms with Gasteiger partial charge in [-0.2, -0.15) is 15.2 Å². The number of thiophene rings is 1. The third-order valence-corrected chi connectivity index (χ3v) is 13.7. The minimum absolute atomic E-state index is 0.0421. The molecule has 3 N–H and O–H groups in total. The Morgan fingerprint density at radius 3 is 2.87 bits per heavy atom. The number of aromatic nitrogens is 2. The van der Waals surface area contributed by atoms with E-state index in [0.29, 0.717) is 55.7 Å². The van der Waals surface area contributed by atoms with E-state index in [-0.39, 0.29) is 90.3 Å². The van der Waals surface area contributed by atoms with Crippen LogP contribution in [0.4, 0.5) is 19.6 Å². The molecule has 6 aliphatic rings. The second-order valence-corrected chi connectivity index (χ2v) is 17.2. The molecular weight excluding hydrogens is 722 g/mol. The van der Waals surface area contributed by atoms with Crippen molar-refractivity contribution >= 4 is 60.7 Å². The van der Waals surface area contributed by atoms with Crippen LogP contribution in [0.15, 0.2) is 12.1 Å². The summed E-state index contributed by atoms with van der Waals surface area (Å²) in [5.74, 6) is 0.505. The first-order chi connectivity index (χ1) is 25.7. The number of halogens is 3. The van der Waals surface area contributed by atoms with Crippen LogP contribution in [0.5, 0.6) is 11.8 Å². The highest BCUT2D eigenvalue weighted by Crippen LogP contribution is 2.51. The maximum Gasteiger partial charge on any atom is 0.319 e. The number of nitrogens with one attached hydrogen (secondary N) is 1. The zero-order valence-corrected chi connectivity index (χ0v) is 30.8. The molecule has 1 aliphatic carbocycles. The Morgan fingerprint density at radius 2 is 2.06 bits per heavy atom. The molecule has 0 bridgehead atoms. The molecule has 53 heavy (non-hydrogen) atoms. The van der Waals surface area contributed by atoms with Crippen LogP contribution in [-0.2, 0) is 4.79 Å². The number of anilines is 2. The van der Waals surface area contributed by atoms with Crippen molar-refractivity contribution in [2.45, 2.75) is 69.1 Å². The number of hydrogen-bond acceptors (Lipinski definition) is 11. The molecule has 1 saturated carbocycles. The van der Waals surface area contributed by atoms with Gasteiger partial charge in [0.2, 0.25) is 5.91 Å². The minimum atomic E-state index is -0.765. The van der Waals surface area contributed by atoms with Gasteiger partial charge in [0.1, 0.15) is 47.5 Å². The van der Waals surface area contributed by atoms with E-state index in [9.17, 15) is 10.1 Å².